The van der Waals surface area contributed by atoms with Gasteiger partial charge in [0.25, 0.3) is 0 Å². The van der Waals surface area contributed by atoms with Crippen LogP contribution in [0.15, 0.2) is 37.0 Å². The van der Waals surface area contributed by atoms with Crippen LogP contribution in [0.25, 0.3) is 0 Å². The zero-order chi connectivity index (χ0) is 16.4. The molecular weight excluding hydrogens is 272 g/mol. The number of ether oxygens (including phenoxy) is 1. The fraction of sp³-hybridized carbons (Fsp3) is 0.562. The number of carbonyl (C=O) groups excluding carboxylic acids is 1. The van der Waals surface area contributed by atoms with Gasteiger partial charge in [0.05, 0.1) is 25.9 Å². The van der Waals surface area contributed by atoms with Crippen molar-refractivity contribution in [1.82, 2.24) is 0 Å². The number of hydrogen-bond donors (Lipinski definition) is 3. The van der Waals surface area contributed by atoms with Crippen molar-refractivity contribution >= 4 is 5.97 Å². The molecule has 118 valence electrons. The van der Waals surface area contributed by atoms with Gasteiger partial charge in [-0.25, -0.2) is 4.79 Å². The van der Waals surface area contributed by atoms with Crippen molar-refractivity contribution in [3.8, 4) is 0 Å². The Kier molecular flexibility index (Phi) is 5.50. The summed E-state index contributed by atoms with van der Waals surface area (Å²) in [5, 5.41) is 30.3. The summed E-state index contributed by atoms with van der Waals surface area (Å²) in [5.74, 6) is -2.07. The van der Waals surface area contributed by atoms with Crippen molar-refractivity contribution in [2.24, 2.45) is 17.3 Å². The molecule has 5 heteroatoms. The first-order valence-electron chi connectivity index (χ1n) is 6.78. The minimum absolute atomic E-state index is 0.0133. The molecule has 1 saturated carbocycles. The summed E-state index contributed by atoms with van der Waals surface area (Å²) in [6.07, 6.45) is -0.152. The Morgan fingerprint density at radius 3 is 2.43 bits per heavy atom. The minimum Gasteiger partial charge on any atom is -0.466 e. The quantitative estimate of drug-likeness (QED) is 0.397. The summed E-state index contributed by atoms with van der Waals surface area (Å²) in [4.78, 5) is 11.6. The van der Waals surface area contributed by atoms with Gasteiger partial charge in [-0.1, -0.05) is 26.2 Å². The lowest BCUT2D eigenvalue weighted by atomic mass is 9.58. The first-order chi connectivity index (χ1) is 9.73. The highest BCUT2D eigenvalue weighted by Gasteiger charge is 2.51. The monoisotopic (exact) mass is 296 g/mol. The van der Waals surface area contributed by atoms with Gasteiger partial charge in [0, 0.05) is 17.4 Å². The summed E-state index contributed by atoms with van der Waals surface area (Å²) in [6.45, 7) is 12.7. The number of allylic oxidation sites excluding steroid dienone is 1. The Morgan fingerprint density at radius 2 is 2.00 bits per heavy atom. The standard InChI is InChI=1S/C16H24O5/c1-6-16(4)7-11(18)12(10(3)15(20)21-5)14(19)13(16)9(2)8-17/h6,11-14,17-19H,1-3,7-8H2,4-5H3/t11-,12-,13+,14+,16+/m0/s1. The van der Waals surface area contributed by atoms with Crippen molar-refractivity contribution in [2.75, 3.05) is 13.7 Å². The van der Waals surface area contributed by atoms with Crippen LogP contribution in [0.3, 0.4) is 0 Å². The molecule has 0 radical (unpaired) electrons. The van der Waals surface area contributed by atoms with Gasteiger partial charge in [-0.3, -0.25) is 0 Å². The zero-order valence-corrected chi connectivity index (χ0v) is 12.6. The van der Waals surface area contributed by atoms with E-state index in [1.54, 1.807) is 6.08 Å². The summed E-state index contributed by atoms with van der Waals surface area (Å²) < 4.78 is 4.61. The van der Waals surface area contributed by atoms with Gasteiger partial charge < -0.3 is 20.1 Å². The molecule has 0 spiro atoms. The van der Waals surface area contributed by atoms with Gasteiger partial charge in [0.1, 0.15) is 0 Å². The van der Waals surface area contributed by atoms with Crippen molar-refractivity contribution in [3.63, 3.8) is 0 Å². The smallest absolute Gasteiger partial charge is 0.333 e. The molecule has 1 aliphatic rings. The Morgan fingerprint density at radius 1 is 1.43 bits per heavy atom. The second-order valence-corrected chi connectivity index (χ2v) is 5.81. The fourth-order valence-electron chi connectivity index (χ4n) is 3.25. The molecule has 21 heavy (non-hydrogen) atoms. The summed E-state index contributed by atoms with van der Waals surface area (Å²) in [6, 6.07) is 0. The maximum absolute atomic E-state index is 11.6. The number of carbonyl (C=O) groups is 1. The summed E-state index contributed by atoms with van der Waals surface area (Å²) in [7, 11) is 1.22. The van der Waals surface area contributed by atoms with Gasteiger partial charge in [0.2, 0.25) is 0 Å². The van der Waals surface area contributed by atoms with E-state index >= 15 is 0 Å². The van der Waals surface area contributed by atoms with Crippen LogP contribution in [0.2, 0.25) is 0 Å². The molecule has 1 aliphatic carbocycles. The highest BCUT2D eigenvalue weighted by molar-refractivity contribution is 5.88. The maximum Gasteiger partial charge on any atom is 0.333 e. The summed E-state index contributed by atoms with van der Waals surface area (Å²) in [5.41, 5.74) is -0.190. The molecule has 0 aromatic carbocycles. The van der Waals surface area contributed by atoms with Crippen LogP contribution in [0, 0.1) is 17.3 Å². The number of rotatable bonds is 5. The number of methoxy groups -OCH3 is 1. The highest BCUT2D eigenvalue weighted by atomic mass is 16.5. The molecule has 0 unspecified atom stereocenters. The third kappa shape index (κ3) is 3.10. The first kappa shape index (κ1) is 17.6. The molecule has 0 aromatic heterocycles. The third-order valence-corrected chi connectivity index (χ3v) is 4.44. The normalized spacial score (nSPS) is 35.9. The van der Waals surface area contributed by atoms with Crippen LogP contribution in [-0.4, -0.2) is 47.2 Å². The van der Waals surface area contributed by atoms with E-state index in [2.05, 4.69) is 24.5 Å². The number of hydrogen-bond acceptors (Lipinski definition) is 5. The molecule has 0 amide bonds. The van der Waals surface area contributed by atoms with Gasteiger partial charge in [-0.15, -0.1) is 6.58 Å². The molecule has 0 saturated heterocycles. The van der Waals surface area contributed by atoms with E-state index < -0.39 is 35.4 Å². The predicted molar refractivity (Wildman–Crippen MR) is 79.3 cm³/mol. The van der Waals surface area contributed by atoms with E-state index in [1.165, 1.54) is 7.11 Å². The van der Waals surface area contributed by atoms with E-state index in [1.807, 2.05) is 6.92 Å². The zero-order valence-electron chi connectivity index (χ0n) is 12.6. The van der Waals surface area contributed by atoms with Gasteiger partial charge in [0.15, 0.2) is 0 Å². The second kappa shape index (κ2) is 6.56. The van der Waals surface area contributed by atoms with Crippen LogP contribution in [0.4, 0.5) is 0 Å². The summed E-state index contributed by atoms with van der Waals surface area (Å²) >= 11 is 0. The number of esters is 1. The number of aliphatic hydroxyl groups excluding tert-OH is 3. The molecule has 5 nitrogen and oxygen atoms in total. The predicted octanol–water partition coefficient (Wildman–Crippen LogP) is 0.814. The van der Waals surface area contributed by atoms with Gasteiger partial charge in [-0.05, 0) is 17.4 Å². The maximum atomic E-state index is 11.6. The Labute approximate surface area is 125 Å². The molecule has 1 fully saturated rings. The van der Waals surface area contributed by atoms with Crippen LogP contribution in [0.1, 0.15) is 13.3 Å². The lowest BCUT2D eigenvalue weighted by Gasteiger charge is -2.49. The Balaban J connectivity index is 3.22. The Bertz CT molecular complexity index is 456. The molecule has 3 N–H and O–H groups in total. The molecule has 0 aliphatic heterocycles. The van der Waals surface area contributed by atoms with Crippen molar-refractivity contribution < 1.29 is 24.9 Å². The van der Waals surface area contributed by atoms with E-state index in [0.29, 0.717) is 5.57 Å². The SMILES string of the molecule is C=C[C@]1(C)C[C@H](O)[C@H](C(=C)C(=O)OC)[C@@H](O)[C@H]1C(=C)CO. The minimum atomic E-state index is -1.11. The fourth-order valence-corrected chi connectivity index (χ4v) is 3.25. The molecule has 0 bridgehead atoms. The highest BCUT2D eigenvalue weighted by Crippen LogP contribution is 2.49. The lowest BCUT2D eigenvalue weighted by Crippen LogP contribution is -2.53. The van der Waals surface area contributed by atoms with Gasteiger partial charge in [-0.2, -0.15) is 0 Å². The van der Waals surface area contributed by atoms with E-state index in [-0.39, 0.29) is 18.6 Å². The molecule has 5 atom stereocenters. The third-order valence-electron chi connectivity index (χ3n) is 4.44. The van der Waals surface area contributed by atoms with Crippen molar-refractivity contribution in [2.45, 2.75) is 25.6 Å². The molecule has 0 aromatic rings. The van der Waals surface area contributed by atoms with Crippen LogP contribution in [-0.2, 0) is 9.53 Å². The average molecular weight is 296 g/mol. The van der Waals surface area contributed by atoms with Crippen molar-refractivity contribution in [3.05, 3.63) is 37.0 Å². The van der Waals surface area contributed by atoms with E-state index in [9.17, 15) is 20.1 Å². The van der Waals surface area contributed by atoms with E-state index in [4.69, 9.17) is 0 Å². The second-order valence-electron chi connectivity index (χ2n) is 5.81. The first-order valence-corrected chi connectivity index (χ1v) is 6.78. The lowest BCUT2D eigenvalue weighted by molar-refractivity contribution is -0.140. The number of aliphatic hydroxyl groups is 3. The average Bonchev–Trinajstić information content (AvgIpc) is 2.45. The Hall–Kier alpha value is -1.43. The van der Waals surface area contributed by atoms with Gasteiger partial charge >= 0.3 is 5.97 Å². The molecule has 0 heterocycles. The van der Waals surface area contributed by atoms with Crippen molar-refractivity contribution in [1.29, 1.82) is 0 Å². The largest absolute Gasteiger partial charge is 0.466 e. The van der Waals surface area contributed by atoms with Crippen LogP contribution >= 0.6 is 0 Å². The van der Waals surface area contributed by atoms with Crippen LogP contribution < -0.4 is 0 Å². The molecular formula is C16H24O5. The molecule has 1 rings (SSSR count). The topological polar surface area (TPSA) is 87.0 Å². The van der Waals surface area contributed by atoms with Crippen LogP contribution in [0.5, 0.6) is 0 Å². The van der Waals surface area contributed by atoms with E-state index in [0.717, 1.165) is 0 Å².